The van der Waals surface area contributed by atoms with Gasteiger partial charge in [0.2, 0.25) is 0 Å². The first-order valence-electron chi connectivity index (χ1n) is 6.28. The van der Waals surface area contributed by atoms with Crippen LogP contribution in [-0.2, 0) is 42.2 Å². The second-order valence-electron chi connectivity index (χ2n) is 4.58. The number of hydrogen-bond acceptors (Lipinski definition) is 7. The average molecular weight is 404 g/mol. The van der Waals surface area contributed by atoms with Crippen LogP contribution in [0.15, 0.2) is 17.1 Å². The molecule has 2 rings (SSSR count). The maximum atomic E-state index is 12.0. The predicted octanol–water partition coefficient (Wildman–Crippen LogP) is -1.30. The zero-order valence-electron chi connectivity index (χ0n) is 12.7. The van der Waals surface area contributed by atoms with Crippen LogP contribution in [0.3, 0.4) is 0 Å². The minimum absolute atomic E-state index is 0. The number of nitrogens with one attached hydrogen (secondary N) is 1. The second kappa shape index (κ2) is 8.82. The van der Waals surface area contributed by atoms with Crippen LogP contribution in [0.25, 0.3) is 0 Å². The van der Waals surface area contributed by atoms with Gasteiger partial charge in [0.15, 0.2) is 11.8 Å². The van der Waals surface area contributed by atoms with Gasteiger partial charge in [-0.1, -0.05) is 5.92 Å². The molecule has 0 amide bonds. The minimum atomic E-state index is -1.84. The summed E-state index contributed by atoms with van der Waals surface area (Å²) in [4.78, 5) is 15.8. The van der Waals surface area contributed by atoms with E-state index >= 15 is 0 Å². The van der Waals surface area contributed by atoms with E-state index in [1.165, 1.54) is 13.3 Å². The normalized spacial score (nSPS) is 29.1. The standard InChI is InChI=1S/C13H17N3O5.FH.Y/c1-4-13(19)8(7-17)21-11(10(13)20-3)16-6-5-9(14-2)15-12(16)18;;/h1,5-6,8,10-11,17,19H,7H2,2-3H3,(H,14,15,18);1H;/t8-,10+,11-,13-;;/m1../s1. The van der Waals surface area contributed by atoms with Crippen molar-refractivity contribution in [2.24, 2.45) is 0 Å². The number of halogens is 1. The molecule has 4 atom stereocenters. The van der Waals surface area contributed by atoms with Crippen LogP contribution in [0.4, 0.5) is 10.5 Å². The fourth-order valence-corrected chi connectivity index (χ4v) is 2.35. The largest absolute Gasteiger partial charge is 0.394 e. The number of anilines is 1. The smallest absolute Gasteiger partial charge is 0.351 e. The molecule has 2 heterocycles. The zero-order chi connectivity index (χ0) is 15.6. The Morgan fingerprint density at radius 3 is 2.74 bits per heavy atom. The van der Waals surface area contributed by atoms with Crippen LogP contribution >= 0.6 is 0 Å². The zero-order valence-corrected chi connectivity index (χ0v) is 15.5. The molecule has 23 heavy (non-hydrogen) atoms. The van der Waals surface area contributed by atoms with Gasteiger partial charge >= 0.3 is 5.69 Å². The van der Waals surface area contributed by atoms with Crippen molar-refractivity contribution in [3.05, 3.63) is 22.7 Å². The Morgan fingerprint density at radius 2 is 2.30 bits per heavy atom. The molecular weight excluding hydrogens is 386 g/mol. The van der Waals surface area contributed by atoms with Crippen molar-refractivity contribution < 1.29 is 57.1 Å². The number of aliphatic hydroxyl groups excluding tert-OH is 1. The quantitative estimate of drug-likeness (QED) is 0.536. The maximum absolute atomic E-state index is 12.0. The van der Waals surface area contributed by atoms with E-state index in [9.17, 15) is 15.0 Å². The molecule has 0 spiro atoms. The van der Waals surface area contributed by atoms with E-state index in [1.54, 1.807) is 13.1 Å². The number of ether oxygens (including phenoxy) is 2. The summed E-state index contributed by atoms with van der Waals surface area (Å²) in [5, 5.41) is 22.5. The van der Waals surface area contributed by atoms with Crippen LogP contribution in [0.1, 0.15) is 6.23 Å². The first kappa shape index (κ1) is 22.1. The van der Waals surface area contributed by atoms with Crippen molar-refractivity contribution >= 4 is 5.82 Å². The van der Waals surface area contributed by atoms with E-state index in [-0.39, 0.29) is 37.4 Å². The Bertz CT molecular complexity index is 622. The van der Waals surface area contributed by atoms with Crippen LogP contribution in [0.5, 0.6) is 0 Å². The Hall–Kier alpha value is -0.886. The molecule has 1 saturated heterocycles. The molecule has 3 N–H and O–H groups in total. The number of terminal acetylenes is 1. The van der Waals surface area contributed by atoms with Gasteiger partial charge in [-0.2, -0.15) is 4.98 Å². The van der Waals surface area contributed by atoms with E-state index in [4.69, 9.17) is 15.9 Å². The molecular formula is C13H18FN3O5Y. The summed E-state index contributed by atoms with van der Waals surface area (Å²) >= 11 is 0. The van der Waals surface area contributed by atoms with Gasteiger partial charge in [0.05, 0.1) is 6.61 Å². The third-order valence-corrected chi connectivity index (χ3v) is 3.50. The fraction of sp³-hybridized carbons (Fsp3) is 0.538. The summed E-state index contributed by atoms with van der Waals surface area (Å²) in [6.07, 6.45) is 3.73. The molecule has 0 unspecified atom stereocenters. The van der Waals surface area contributed by atoms with Gasteiger partial charge in [0, 0.05) is 53.1 Å². The van der Waals surface area contributed by atoms with Crippen molar-refractivity contribution in [1.82, 2.24) is 9.55 Å². The van der Waals surface area contributed by atoms with Crippen molar-refractivity contribution in [1.29, 1.82) is 0 Å². The molecule has 1 aliphatic heterocycles. The molecule has 10 heteroatoms. The van der Waals surface area contributed by atoms with E-state index in [0.29, 0.717) is 5.82 Å². The predicted molar refractivity (Wildman–Crippen MR) is 76.1 cm³/mol. The molecule has 0 saturated carbocycles. The summed E-state index contributed by atoms with van der Waals surface area (Å²) < 4.78 is 11.9. The number of methoxy groups -OCH3 is 1. The van der Waals surface area contributed by atoms with Crippen molar-refractivity contribution in [2.45, 2.75) is 24.0 Å². The van der Waals surface area contributed by atoms with E-state index in [2.05, 4.69) is 16.2 Å². The molecule has 1 aliphatic rings. The van der Waals surface area contributed by atoms with Crippen molar-refractivity contribution in [2.75, 3.05) is 26.1 Å². The summed E-state index contributed by atoms with van der Waals surface area (Å²) in [5.41, 5.74) is -2.43. The summed E-state index contributed by atoms with van der Waals surface area (Å²) in [6, 6.07) is 1.57. The average Bonchev–Trinajstić information content (AvgIpc) is 2.79. The Balaban J connectivity index is 0.00000242. The minimum Gasteiger partial charge on any atom is -0.394 e. The van der Waals surface area contributed by atoms with Crippen LogP contribution in [0.2, 0.25) is 0 Å². The van der Waals surface area contributed by atoms with Crippen LogP contribution < -0.4 is 11.0 Å². The van der Waals surface area contributed by atoms with E-state index < -0.39 is 36.3 Å². The molecule has 0 aromatic carbocycles. The first-order valence-corrected chi connectivity index (χ1v) is 6.28. The molecule has 125 valence electrons. The summed E-state index contributed by atoms with van der Waals surface area (Å²) in [5.74, 6) is 2.58. The third kappa shape index (κ3) is 3.79. The molecule has 1 fully saturated rings. The van der Waals surface area contributed by atoms with Crippen LogP contribution in [-0.4, -0.2) is 58.3 Å². The number of nitrogens with zero attached hydrogens (tertiary/aromatic N) is 2. The third-order valence-electron chi connectivity index (χ3n) is 3.50. The van der Waals surface area contributed by atoms with Gasteiger partial charge in [-0.05, 0) is 6.07 Å². The van der Waals surface area contributed by atoms with Gasteiger partial charge in [-0.25, -0.2) is 4.79 Å². The number of aliphatic hydroxyl groups is 2. The Labute approximate surface area is 157 Å². The van der Waals surface area contributed by atoms with Crippen molar-refractivity contribution in [3.63, 3.8) is 0 Å². The first-order chi connectivity index (χ1) is 10.0. The van der Waals surface area contributed by atoms with Gasteiger partial charge in [0.1, 0.15) is 18.0 Å². The molecule has 0 aliphatic carbocycles. The number of rotatable bonds is 4. The maximum Gasteiger partial charge on any atom is 0.351 e. The van der Waals surface area contributed by atoms with Gasteiger partial charge < -0.3 is 25.0 Å². The van der Waals surface area contributed by atoms with Crippen molar-refractivity contribution in [3.8, 4) is 12.3 Å². The molecule has 1 radical (unpaired) electrons. The summed E-state index contributed by atoms with van der Waals surface area (Å²) in [6.45, 7) is -0.506. The van der Waals surface area contributed by atoms with E-state index in [1.807, 2.05) is 0 Å². The molecule has 8 nitrogen and oxygen atoms in total. The molecule has 1 aromatic heterocycles. The number of hydrogen-bond donors (Lipinski definition) is 3. The fourth-order valence-electron chi connectivity index (χ4n) is 2.35. The summed E-state index contributed by atoms with van der Waals surface area (Å²) in [7, 11) is 2.97. The van der Waals surface area contributed by atoms with Gasteiger partial charge in [-0.3, -0.25) is 9.27 Å². The monoisotopic (exact) mass is 404 g/mol. The topological polar surface area (TPSA) is 106 Å². The van der Waals surface area contributed by atoms with Gasteiger partial charge in [0.25, 0.3) is 0 Å². The Morgan fingerprint density at radius 1 is 1.65 bits per heavy atom. The number of aromatic nitrogens is 2. The molecule has 1 aromatic rings. The SMILES string of the molecule is C#C[C@@]1(O)[C@@H](CO)O[C@@H](n2ccc(NC)nc2=O)[C@@H]1OC.F.[Y]. The van der Waals surface area contributed by atoms with E-state index in [0.717, 1.165) is 4.57 Å². The van der Waals surface area contributed by atoms with Crippen LogP contribution in [0, 0.1) is 12.3 Å². The Kier molecular flexibility index (Phi) is 8.48. The molecule has 0 bridgehead atoms. The second-order valence-corrected chi connectivity index (χ2v) is 4.58. The van der Waals surface area contributed by atoms with Gasteiger partial charge in [-0.15, -0.1) is 6.42 Å².